The Balaban J connectivity index is 1.58. The zero-order valence-electron chi connectivity index (χ0n) is 13.7. The molecule has 124 valence electrons. The topological polar surface area (TPSA) is 59.1 Å². The van der Waals surface area contributed by atoms with Gasteiger partial charge >= 0.3 is 6.09 Å². The van der Waals surface area contributed by atoms with Gasteiger partial charge in [0.05, 0.1) is 24.7 Å². The lowest BCUT2D eigenvalue weighted by Crippen LogP contribution is -2.50. The Morgan fingerprint density at radius 3 is 2.59 bits per heavy atom. The van der Waals surface area contributed by atoms with Gasteiger partial charge in [0.2, 0.25) is 5.91 Å². The van der Waals surface area contributed by atoms with E-state index in [0.29, 0.717) is 26.2 Å². The van der Waals surface area contributed by atoms with Gasteiger partial charge in [-0.15, -0.1) is 0 Å². The molecule has 0 N–H and O–H groups in total. The largest absolute Gasteiger partial charge is 0.444 e. The van der Waals surface area contributed by atoms with Gasteiger partial charge in [0.1, 0.15) is 5.60 Å². The van der Waals surface area contributed by atoms with E-state index in [2.05, 4.69) is 0 Å². The molecule has 3 saturated heterocycles. The number of hydrogen-bond donors (Lipinski definition) is 0. The molecule has 22 heavy (non-hydrogen) atoms. The lowest BCUT2D eigenvalue weighted by Gasteiger charge is -2.36. The molecule has 0 aromatic carbocycles. The highest BCUT2D eigenvalue weighted by molar-refractivity contribution is 5.81. The molecule has 0 spiro atoms. The Kier molecular flexibility index (Phi) is 4.05. The van der Waals surface area contributed by atoms with Crippen molar-refractivity contribution in [3.63, 3.8) is 0 Å². The molecular formula is C16H26N2O4. The molecule has 6 nitrogen and oxygen atoms in total. The van der Waals surface area contributed by atoms with E-state index in [4.69, 9.17) is 9.47 Å². The van der Waals surface area contributed by atoms with Crippen LogP contribution in [0.25, 0.3) is 0 Å². The van der Waals surface area contributed by atoms with Crippen LogP contribution < -0.4 is 0 Å². The fraction of sp³-hybridized carbons (Fsp3) is 0.875. The quantitative estimate of drug-likeness (QED) is 0.738. The minimum Gasteiger partial charge on any atom is -0.444 e. The van der Waals surface area contributed by atoms with Crippen LogP contribution in [0.4, 0.5) is 4.79 Å². The van der Waals surface area contributed by atoms with E-state index in [1.54, 1.807) is 4.90 Å². The highest BCUT2D eigenvalue weighted by Crippen LogP contribution is 2.31. The molecule has 0 saturated carbocycles. The van der Waals surface area contributed by atoms with E-state index in [-0.39, 0.29) is 30.1 Å². The molecular weight excluding hydrogens is 284 g/mol. The van der Waals surface area contributed by atoms with Gasteiger partial charge in [-0.1, -0.05) is 0 Å². The van der Waals surface area contributed by atoms with Gasteiger partial charge in [-0.2, -0.15) is 0 Å². The van der Waals surface area contributed by atoms with Crippen LogP contribution in [0, 0.1) is 5.92 Å². The minimum absolute atomic E-state index is 0.0966. The van der Waals surface area contributed by atoms with E-state index in [1.807, 2.05) is 25.7 Å². The molecule has 3 aliphatic heterocycles. The third kappa shape index (κ3) is 3.21. The second-order valence-corrected chi connectivity index (χ2v) is 7.60. The van der Waals surface area contributed by atoms with Crippen LogP contribution >= 0.6 is 0 Å². The number of amides is 2. The molecule has 0 radical (unpaired) electrons. The highest BCUT2D eigenvalue weighted by Gasteiger charge is 2.44. The third-order valence-corrected chi connectivity index (χ3v) is 4.61. The zero-order valence-corrected chi connectivity index (χ0v) is 13.7. The standard InChI is InChI=1S/C16H26N2O4/c1-16(2,3)22-15(20)17-6-4-5-11(8-17)14(19)18-9-13-7-12(18)10-21-13/h11-13H,4-10H2,1-3H3. The fourth-order valence-corrected chi connectivity index (χ4v) is 3.58. The summed E-state index contributed by atoms with van der Waals surface area (Å²) >= 11 is 0. The predicted molar refractivity (Wildman–Crippen MR) is 80.4 cm³/mol. The van der Waals surface area contributed by atoms with Gasteiger partial charge < -0.3 is 19.3 Å². The summed E-state index contributed by atoms with van der Waals surface area (Å²) in [5, 5.41) is 0. The summed E-state index contributed by atoms with van der Waals surface area (Å²) in [5.41, 5.74) is -0.501. The number of fused-ring (bicyclic) bond motifs is 2. The number of hydrogen-bond acceptors (Lipinski definition) is 4. The predicted octanol–water partition coefficient (Wildman–Crippen LogP) is 1.63. The Morgan fingerprint density at radius 1 is 1.23 bits per heavy atom. The van der Waals surface area contributed by atoms with Crippen LogP contribution in [-0.4, -0.2) is 65.8 Å². The third-order valence-electron chi connectivity index (χ3n) is 4.61. The zero-order chi connectivity index (χ0) is 15.9. The van der Waals surface area contributed by atoms with Gasteiger partial charge in [0, 0.05) is 19.6 Å². The lowest BCUT2D eigenvalue weighted by atomic mass is 9.96. The first-order valence-electron chi connectivity index (χ1n) is 8.23. The number of likely N-dealkylation sites (tertiary alicyclic amines) is 2. The van der Waals surface area contributed by atoms with Crippen LogP contribution in [0.3, 0.4) is 0 Å². The number of piperidine rings is 1. The van der Waals surface area contributed by atoms with Gasteiger partial charge in [0.15, 0.2) is 0 Å². The van der Waals surface area contributed by atoms with Gasteiger partial charge in [-0.25, -0.2) is 4.79 Å². The Labute approximate surface area is 131 Å². The molecule has 6 heteroatoms. The number of carbonyl (C=O) groups excluding carboxylic acids is 2. The van der Waals surface area contributed by atoms with Gasteiger partial charge in [0.25, 0.3) is 0 Å². The summed E-state index contributed by atoms with van der Waals surface area (Å²) in [6.07, 6.45) is 2.59. The maximum atomic E-state index is 12.7. The van der Waals surface area contributed by atoms with E-state index < -0.39 is 5.60 Å². The molecule has 0 aromatic rings. The highest BCUT2D eigenvalue weighted by atomic mass is 16.6. The van der Waals surface area contributed by atoms with Gasteiger partial charge in [-0.05, 0) is 40.0 Å². The molecule has 2 bridgehead atoms. The van der Waals surface area contributed by atoms with Gasteiger partial charge in [-0.3, -0.25) is 4.79 Å². The second-order valence-electron chi connectivity index (χ2n) is 7.60. The molecule has 0 aromatic heterocycles. The number of carbonyl (C=O) groups is 2. The molecule has 0 aliphatic carbocycles. The average Bonchev–Trinajstić information content (AvgIpc) is 3.07. The fourth-order valence-electron chi connectivity index (χ4n) is 3.58. The molecule has 3 fully saturated rings. The maximum Gasteiger partial charge on any atom is 0.410 e. The average molecular weight is 310 g/mol. The normalized spacial score (nSPS) is 31.5. The Bertz CT molecular complexity index is 460. The summed E-state index contributed by atoms with van der Waals surface area (Å²) in [4.78, 5) is 28.6. The summed E-state index contributed by atoms with van der Waals surface area (Å²) in [7, 11) is 0. The van der Waals surface area contributed by atoms with E-state index >= 15 is 0 Å². The maximum absolute atomic E-state index is 12.7. The van der Waals surface area contributed by atoms with Crippen LogP contribution in [0.5, 0.6) is 0 Å². The minimum atomic E-state index is -0.501. The monoisotopic (exact) mass is 310 g/mol. The van der Waals surface area contributed by atoms with Crippen LogP contribution in [-0.2, 0) is 14.3 Å². The smallest absolute Gasteiger partial charge is 0.410 e. The number of nitrogens with zero attached hydrogens (tertiary/aromatic N) is 2. The van der Waals surface area contributed by atoms with E-state index in [0.717, 1.165) is 19.3 Å². The summed E-state index contributed by atoms with van der Waals surface area (Å²) in [6.45, 7) is 8.11. The number of morpholine rings is 1. The van der Waals surface area contributed by atoms with Crippen molar-refractivity contribution in [2.75, 3.05) is 26.2 Å². The molecule has 3 heterocycles. The SMILES string of the molecule is CC(C)(C)OC(=O)N1CCCC(C(=O)N2CC3CC2CO3)C1. The number of ether oxygens (including phenoxy) is 2. The second kappa shape index (κ2) is 5.72. The van der Waals surface area contributed by atoms with Crippen molar-refractivity contribution in [3.05, 3.63) is 0 Å². The summed E-state index contributed by atoms with van der Waals surface area (Å²) < 4.78 is 11.0. The van der Waals surface area contributed by atoms with Crippen molar-refractivity contribution in [1.82, 2.24) is 9.80 Å². The van der Waals surface area contributed by atoms with Crippen molar-refractivity contribution in [2.45, 2.75) is 57.8 Å². The summed E-state index contributed by atoms with van der Waals surface area (Å²) in [6, 6.07) is 0.245. The van der Waals surface area contributed by atoms with Crippen LogP contribution in [0.15, 0.2) is 0 Å². The molecule has 3 unspecified atom stereocenters. The van der Waals surface area contributed by atoms with Crippen LogP contribution in [0.1, 0.15) is 40.0 Å². The first-order chi connectivity index (χ1) is 10.3. The first kappa shape index (κ1) is 15.6. The molecule has 3 rings (SSSR count). The van der Waals surface area contributed by atoms with Crippen molar-refractivity contribution in [2.24, 2.45) is 5.92 Å². The van der Waals surface area contributed by atoms with Crippen molar-refractivity contribution in [3.8, 4) is 0 Å². The number of rotatable bonds is 1. The van der Waals surface area contributed by atoms with E-state index in [9.17, 15) is 9.59 Å². The molecule has 2 amide bonds. The molecule has 3 aliphatic rings. The van der Waals surface area contributed by atoms with Crippen molar-refractivity contribution in [1.29, 1.82) is 0 Å². The lowest BCUT2D eigenvalue weighted by molar-refractivity contribution is -0.141. The molecule has 3 atom stereocenters. The Morgan fingerprint density at radius 2 is 2.00 bits per heavy atom. The Hall–Kier alpha value is -1.30. The van der Waals surface area contributed by atoms with Crippen LogP contribution in [0.2, 0.25) is 0 Å². The van der Waals surface area contributed by atoms with Crippen molar-refractivity contribution >= 4 is 12.0 Å². The summed E-state index contributed by atoms with van der Waals surface area (Å²) in [5.74, 6) is 0.0877. The first-order valence-corrected chi connectivity index (χ1v) is 8.23. The van der Waals surface area contributed by atoms with E-state index in [1.165, 1.54) is 0 Å². The van der Waals surface area contributed by atoms with Crippen molar-refractivity contribution < 1.29 is 19.1 Å².